The van der Waals surface area contributed by atoms with Crippen LogP contribution in [0.3, 0.4) is 0 Å². The highest BCUT2D eigenvalue weighted by Gasteiger charge is 2.30. The molecule has 8 nitrogen and oxygen atoms in total. The lowest BCUT2D eigenvalue weighted by Crippen LogP contribution is -2.42. The molecule has 0 spiro atoms. The molecular weight excluding hydrogens is 356 g/mol. The summed E-state index contributed by atoms with van der Waals surface area (Å²) in [7, 11) is 0. The van der Waals surface area contributed by atoms with Gasteiger partial charge in [-0.05, 0) is 37.9 Å². The molecule has 1 aromatic carbocycles. The van der Waals surface area contributed by atoms with Crippen molar-refractivity contribution in [3.05, 3.63) is 36.3 Å². The van der Waals surface area contributed by atoms with E-state index < -0.39 is 6.04 Å². The molecule has 3 aromatic rings. The van der Waals surface area contributed by atoms with Crippen LogP contribution < -0.4 is 10.6 Å². The van der Waals surface area contributed by atoms with Crippen molar-refractivity contribution in [3.8, 4) is 11.1 Å². The topological polar surface area (TPSA) is 93.8 Å². The predicted octanol–water partition coefficient (Wildman–Crippen LogP) is 1.72. The second-order valence-corrected chi connectivity index (χ2v) is 7.55. The summed E-state index contributed by atoms with van der Waals surface area (Å²) in [6, 6.07) is 5.96. The van der Waals surface area contributed by atoms with E-state index in [0.29, 0.717) is 18.9 Å². The second kappa shape index (κ2) is 6.56. The van der Waals surface area contributed by atoms with Crippen LogP contribution in [0, 0.1) is 6.92 Å². The molecule has 0 saturated carbocycles. The van der Waals surface area contributed by atoms with Crippen LogP contribution >= 0.6 is 0 Å². The van der Waals surface area contributed by atoms with Crippen molar-refractivity contribution in [1.29, 1.82) is 0 Å². The molecule has 2 aliphatic heterocycles. The van der Waals surface area contributed by atoms with Gasteiger partial charge >= 0.3 is 0 Å². The van der Waals surface area contributed by atoms with Gasteiger partial charge in [-0.15, -0.1) is 0 Å². The number of aromatic nitrogens is 4. The number of aryl methyl sites for hydroxylation is 1. The summed E-state index contributed by atoms with van der Waals surface area (Å²) in [5.74, 6) is -0.503. The summed E-state index contributed by atoms with van der Waals surface area (Å²) in [5.41, 5.74) is 3.87. The summed E-state index contributed by atoms with van der Waals surface area (Å²) < 4.78 is 3.80. The van der Waals surface area contributed by atoms with Crippen LogP contribution in [0.5, 0.6) is 0 Å². The van der Waals surface area contributed by atoms with Crippen molar-refractivity contribution < 1.29 is 9.59 Å². The number of hydrogen-bond donors (Lipinski definition) is 2. The predicted molar refractivity (Wildman–Crippen MR) is 104 cm³/mol. The number of carbonyl (C=O) groups is 2. The highest BCUT2D eigenvalue weighted by molar-refractivity contribution is 6.01. The molecule has 8 heteroatoms. The second-order valence-electron chi connectivity index (χ2n) is 7.55. The van der Waals surface area contributed by atoms with Crippen LogP contribution in [0.1, 0.15) is 37.0 Å². The first-order valence-electron chi connectivity index (χ1n) is 9.68. The van der Waals surface area contributed by atoms with E-state index in [0.717, 1.165) is 47.2 Å². The van der Waals surface area contributed by atoms with Gasteiger partial charge in [-0.3, -0.25) is 24.3 Å². The third-order valence-corrected chi connectivity index (χ3v) is 5.74. The van der Waals surface area contributed by atoms with Crippen LogP contribution in [0.25, 0.3) is 22.0 Å². The number of benzene rings is 1. The molecule has 2 aromatic heterocycles. The number of rotatable bonds is 3. The Labute approximate surface area is 161 Å². The molecule has 0 bridgehead atoms. The van der Waals surface area contributed by atoms with Gasteiger partial charge in [0.15, 0.2) is 0 Å². The molecular formula is C20H22N6O2. The van der Waals surface area contributed by atoms with Gasteiger partial charge in [0.05, 0.1) is 23.4 Å². The van der Waals surface area contributed by atoms with Crippen molar-refractivity contribution in [1.82, 2.24) is 30.2 Å². The Morgan fingerprint density at radius 3 is 2.89 bits per heavy atom. The first-order valence-corrected chi connectivity index (χ1v) is 9.68. The van der Waals surface area contributed by atoms with Crippen molar-refractivity contribution in [2.45, 2.75) is 38.3 Å². The molecule has 2 aliphatic rings. The normalized spacial score (nSPS) is 22.8. The van der Waals surface area contributed by atoms with E-state index in [1.54, 1.807) is 4.68 Å². The number of piperidine rings is 1. The van der Waals surface area contributed by atoms with Crippen molar-refractivity contribution in [2.24, 2.45) is 0 Å². The van der Waals surface area contributed by atoms with Crippen LogP contribution in [0.15, 0.2) is 30.6 Å². The fourth-order valence-corrected chi connectivity index (χ4v) is 4.31. The number of hydrogen-bond acceptors (Lipinski definition) is 5. The zero-order chi connectivity index (χ0) is 19.3. The lowest BCUT2D eigenvalue weighted by atomic mass is 10.0. The number of nitrogens with zero attached hydrogens (tertiary/aromatic N) is 4. The van der Waals surface area contributed by atoms with Gasteiger partial charge in [0.2, 0.25) is 5.91 Å². The van der Waals surface area contributed by atoms with Crippen molar-refractivity contribution in [3.63, 3.8) is 0 Å². The highest BCUT2D eigenvalue weighted by Crippen LogP contribution is 2.34. The summed E-state index contributed by atoms with van der Waals surface area (Å²) in [4.78, 5) is 23.8. The number of carbonyl (C=O) groups excluding carboxylic acids is 2. The summed E-state index contributed by atoms with van der Waals surface area (Å²) in [6.45, 7) is 3.92. The summed E-state index contributed by atoms with van der Waals surface area (Å²) in [5, 5.41) is 16.1. The maximum atomic E-state index is 12.4. The Kier molecular flexibility index (Phi) is 4.01. The minimum atomic E-state index is -0.462. The van der Waals surface area contributed by atoms with E-state index >= 15 is 0 Å². The summed E-state index contributed by atoms with van der Waals surface area (Å²) >= 11 is 0. The fraction of sp³-hybridized carbons (Fsp3) is 0.400. The van der Waals surface area contributed by atoms with Gasteiger partial charge in [0.1, 0.15) is 6.04 Å². The molecule has 2 saturated heterocycles. The van der Waals surface area contributed by atoms with Gasteiger partial charge in [-0.1, -0.05) is 12.1 Å². The van der Waals surface area contributed by atoms with Gasteiger partial charge in [-0.25, -0.2) is 0 Å². The lowest BCUT2D eigenvalue weighted by molar-refractivity contribution is -0.135. The van der Waals surface area contributed by atoms with Crippen LogP contribution in [-0.4, -0.2) is 44.5 Å². The van der Waals surface area contributed by atoms with E-state index in [1.165, 1.54) is 0 Å². The third-order valence-electron chi connectivity index (χ3n) is 5.74. The minimum Gasteiger partial charge on any atom is -0.315 e. The average Bonchev–Trinajstić information content (AvgIpc) is 3.42. The highest BCUT2D eigenvalue weighted by atomic mass is 16.2. The molecule has 2 atom stereocenters. The van der Waals surface area contributed by atoms with Gasteiger partial charge in [0, 0.05) is 30.1 Å². The maximum Gasteiger partial charge on any atom is 0.251 e. The van der Waals surface area contributed by atoms with E-state index in [9.17, 15) is 9.59 Å². The summed E-state index contributed by atoms with van der Waals surface area (Å²) in [6.07, 6.45) is 5.87. The molecule has 2 amide bonds. The lowest BCUT2D eigenvalue weighted by Gasteiger charge is -2.21. The number of nitrogens with one attached hydrogen (secondary N) is 2. The van der Waals surface area contributed by atoms with Crippen LogP contribution in [-0.2, 0) is 9.59 Å². The van der Waals surface area contributed by atoms with Crippen molar-refractivity contribution >= 4 is 22.7 Å². The monoisotopic (exact) mass is 378 g/mol. The van der Waals surface area contributed by atoms with Crippen LogP contribution in [0.4, 0.5) is 0 Å². The maximum absolute atomic E-state index is 12.4. The van der Waals surface area contributed by atoms with E-state index in [1.807, 2.05) is 29.9 Å². The Balaban J connectivity index is 1.57. The Hall–Kier alpha value is -3.00. The molecule has 2 unspecified atom stereocenters. The third kappa shape index (κ3) is 2.72. The Bertz CT molecular complexity index is 1080. The van der Waals surface area contributed by atoms with Gasteiger partial charge in [-0.2, -0.15) is 10.2 Å². The smallest absolute Gasteiger partial charge is 0.251 e. The Morgan fingerprint density at radius 2 is 2.11 bits per heavy atom. The van der Waals surface area contributed by atoms with Gasteiger partial charge in [0.25, 0.3) is 5.91 Å². The van der Waals surface area contributed by atoms with Gasteiger partial charge < -0.3 is 5.32 Å². The molecule has 2 N–H and O–H groups in total. The zero-order valence-electron chi connectivity index (χ0n) is 15.7. The molecule has 28 heavy (non-hydrogen) atoms. The standard InChI is InChI=1S/C20H22N6O2/c1-12-19-15(13-9-22-25(11-13)14-7-8-21-10-14)3-2-4-16(19)26(24-12)17-5-6-18(27)23-20(17)28/h2-4,9,11,14,17,21H,5-8,10H2,1H3,(H,23,27,28). The molecule has 0 radical (unpaired) electrons. The zero-order valence-corrected chi connectivity index (χ0v) is 15.7. The number of imide groups is 1. The van der Waals surface area contributed by atoms with Crippen molar-refractivity contribution in [2.75, 3.05) is 13.1 Å². The SMILES string of the molecule is Cc1nn(C2CCC(=O)NC2=O)c2cccc(-c3cnn(C4CCNC4)c3)c12. The molecule has 144 valence electrons. The first-order chi connectivity index (χ1) is 13.6. The molecule has 2 fully saturated rings. The number of amides is 2. The van der Waals surface area contributed by atoms with E-state index in [-0.39, 0.29) is 11.8 Å². The largest absolute Gasteiger partial charge is 0.315 e. The van der Waals surface area contributed by atoms with E-state index in [4.69, 9.17) is 0 Å². The molecule has 5 rings (SSSR count). The Morgan fingerprint density at radius 1 is 1.21 bits per heavy atom. The number of fused-ring (bicyclic) bond motifs is 1. The first kappa shape index (κ1) is 17.1. The molecule has 4 heterocycles. The average molecular weight is 378 g/mol. The fourth-order valence-electron chi connectivity index (χ4n) is 4.31. The molecule has 0 aliphatic carbocycles. The quantitative estimate of drug-likeness (QED) is 0.677. The van der Waals surface area contributed by atoms with Crippen LogP contribution in [0.2, 0.25) is 0 Å². The van der Waals surface area contributed by atoms with E-state index in [2.05, 4.69) is 33.1 Å². The minimum absolute atomic E-state index is 0.219.